The first-order chi connectivity index (χ1) is 9.38. The first kappa shape index (κ1) is 19.9. The van der Waals surface area contributed by atoms with Gasteiger partial charge in [-0.2, -0.15) is 0 Å². The quantitative estimate of drug-likeness (QED) is 0.402. The molecule has 1 aliphatic heterocycles. The summed E-state index contributed by atoms with van der Waals surface area (Å²) in [5.41, 5.74) is 0. The van der Waals surface area contributed by atoms with Gasteiger partial charge >= 0.3 is 0 Å². The van der Waals surface area contributed by atoms with Crippen LogP contribution >= 0.6 is 0 Å². The molecule has 122 valence electrons. The lowest BCUT2D eigenvalue weighted by molar-refractivity contribution is 0.242. The van der Waals surface area contributed by atoms with Gasteiger partial charge in [0.2, 0.25) is 0 Å². The first-order valence-electron chi connectivity index (χ1n) is 9.12. The Labute approximate surface area is 126 Å². The largest absolute Gasteiger partial charge is 0.300 e. The minimum Gasteiger partial charge on any atom is -0.300 e. The van der Waals surface area contributed by atoms with E-state index in [9.17, 15) is 0 Å². The summed E-state index contributed by atoms with van der Waals surface area (Å²) < 4.78 is 0. The van der Waals surface area contributed by atoms with Crippen molar-refractivity contribution in [1.82, 2.24) is 4.90 Å². The molecule has 1 aliphatic rings. The van der Waals surface area contributed by atoms with Crippen molar-refractivity contribution in [3.05, 3.63) is 0 Å². The molecule has 0 saturated carbocycles. The van der Waals surface area contributed by atoms with Crippen molar-refractivity contribution in [3.8, 4) is 0 Å². The normalized spacial score (nSPS) is 19.2. The third kappa shape index (κ3) is 8.94. The van der Waals surface area contributed by atoms with Gasteiger partial charge in [0, 0.05) is 6.04 Å². The lowest BCUT2D eigenvalue weighted by Crippen LogP contribution is -2.29. The van der Waals surface area contributed by atoms with Crippen molar-refractivity contribution in [2.75, 3.05) is 13.1 Å². The van der Waals surface area contributed by atoms with Gasteiger partial charge in [0.1, 0.15) is 0 Å². The minimum atomic E-state index is 0. The molecule has 1 rings (SSSR count). The predicted molar refractivity (Wildman–Crippen MR) is 89.2 cm³/mol. The number of halogens is 1. The SMILES string of the molecule is CCCCCCCCCCCCN1CCCC1CC.F. The van der Waals surface area contributed by atoms with Gasteiger partial charge in [-0.3, -0.25) is 4.70 Å². The van der Waals surface area contributed by atoms with E-state index in [0.717, 1.165) is 6.04 Å². The van der Waals surface area contributed by atoms with Crippen LogP contribution in [-0.2, 0) is 0 Å². The Morgan fingerprint density at radius 3 is 1.90 bits per heavy atom. The first-order valence-corrected chi connectivity index (χ1v) is 9.12. The van der Waals surface area contributed by atoms with Crippen LogP contribution in [0.5, 0.6) is 0 Å². The summed E-state index contributed by atoms with van der Waals surface area (Å²) >= 11 is 0. The van der Waals surface area contributed by atoms with E-state index in [1.165, 1.54) is 96.6 Å². The highest BCUT2D eigenvalue weighted by Crippen LogP contribution is 2.20. The van der Waals surface area contributed by atoms with Crippen LogP contribution in [0.2, 0.25) is 0 Å². The molecule has 0 aromatic carbocycles. The lowest BCUT2D eigenvalue weighted by Gasteiger charge is -2.22. The van der Waals surface area contributed by atoms with Crippen LogP contribution in [0, 0.1) is 0 Å². The van der Waals surface area contributed by atoms with Gasteiger partial charge < -0.3 is 4.90 Å². The summed E-state index contributed by atoms with van der Waals surface area (Å²) in [4.78, 5) is 2.74. The molecule has 0 radical (unpaired) electrons. The summed E-state index contributed by atoms with van der Waals surface area (Å²) in [6, 6.07) is 0.915. The fourth-order valence-electron chi connectivity index (χ4n) is 3.45. The van der Waals surface area contributed by atoms with Gasteiger partial charge in [0.25, 0.3) is 0 Å². The fourth-order valence-corrected chi connectivity index (χ4v) is 3.45. The second kappa shape index (κ2) is 13.9. The summed E-state index contributed by atoms with van der Waals surface area (Å²) in [7, 11) is 0. The van der Waals surface area contributed by atoms with Crippen LogP contribution in [0.1, 0.15) is 97.3 Å². The maximum atomic E-state index is 2.74. The highest BCUT2D eigenvalue weighted by molar-refractivity contribution is 4.77. The highest BCUT2D eigenvalue weighted by atomic mass is 19.0. The second-order valence-corrected chi connectivity index (χ2v) is 6.42. The Bertz CT molecular complexity index is 196. The zero-order valence-corrected chi connectivity index (χ0v) is 14.0. The Morgan fingerprint density at radius 2 is 1.35 bits per heavy atom. The van der Waals surface area contributed by atoms with E-state index < -0.39 is 0 Å². The third-order valence-corrected chi connectivity index (χ3v) is 4.77. The van der Waals surface area contributed by atoms with E-state index >= 15 is 0 Å². The molecule has 1 heterocycles. The van der Waals surface area contributed by atoms with Crippen LogP contribution in [-0.4, -0.2) is 24.0 Å². The standard InChI is InChI=1S/C18H37N.FH/c1-3-5-6-7-8-9-10-11-12-13-16-19-17-14-15-18(19)4-2;/h18H,3-17H2,1-2H3;1H. The molecule has 2 heteroatoms. The number of nitrogens with zero attached hydrogens (tertiary/aromatic N) is 1. The Balaban J connectivity index is 0.00000361. The molecule has 1 saturated heterocycles. The molecule has 0 N–H and O–H groups in total. The number of hydrogen-bond acceptors (Lipinski definition) is 1. The van der Waals surface area contributed by atoms with Crippen LogP contribution in [0.3, 0.4) is 0 Å². The van der Waals surface area contributed by atoms with Crippen molar-refractivity contribution in [1.29, 1.82) is 0 Å². The third-order valence-electron chi connectivity index (χ3n) is 4.77. The summed E-state index contributed by atoms with van der Waals surface area (Å²) in [5, 5.41) is 0. The molecular formula is C18H38FN. The van der Waals surface area contributed by atoms with Crippen molar-refractivity contribution < 1.29 is 4.70 Å². The van der Waals surface area contributed by atoms with Gasteiger partial charge in [-0.25, -0.2) is 0 Å². The van der Waals surface area contributed by atoms with E-state index in [0.29, 0.717) is 0 Å². The maximum absolute atomic E-state index is 2.74. The molecule has 0 aromatic rings. The Hall–Kier alpha value is -0.110. The fraction of sp³-hybridized carbons (Fsp3) is 1.00. The zero-order valence-electron chi connectivity index (χ0n) is 14.0. The van der Waals surface area contributed by atoms with Gasteiger partial charge in [-0.15, -0.1) is 0 Å². The molecule has 20 heavy (non-hydrogen) atoms. The van der Waals surface area contributed by atoms with Crippen LogP contribution in [0.25, 0.3) is 0 Å². The molecular weight excluding hydrogens is 249 g/mol. The summed E-state index contributed by atoms with van der Waals surface area (Å²) in [6.07, 6.45) is 18.8. The van der Waals surface area contributed by atoms with E-state index in [2.05, 4.69) is 18.7 Å². The number of unbranched alkanes of at least 4 members (excludes halogenated alkanes) is 9. The zero-order chi connectivity index (χ0) is 13.8. The Kier molecular flexibility index (Phi) is 13.8. The van der Waals surface area contributed by atoms with Gasteiger partial charge in [-0.05, 0) is 38.8 Å². The molecule has 0 amide bonds. The maximum Gasteiger partial charge on any atom is 0.00931 e. The topological polar surface area (TPSA) is 3.24 Å². The molecule has 0 aliphatic carbocycles. The van der Waals surface area contributed by atoms with Gasteiger partial charge in [0.05, 0.1) is 0 Å². The van der Waals surface area contributed by atoms with E-state index in [4.69, 9.17) is 0 Å². The molecule has 1 nitrogen and oxygen atoms in total. The summed E-state index contributed by atoms with van der Waals surface area (Å²) in [6.45, 7) is 7.38. The molecule has 0 bridgehead atoms. The van der Waals surface area contributed by atoms with E-state index in [-0.39, 0.29) is 4.70 Å². The number of likely N-dealkylation sites (tertiary alicyclic amines) is 1. The molecule has 0 spiro atoms. The molecule has 1 atom stereocenters. The second-order valence-electron chi connectivity index (χ2n) is 6.42. The number of hydrogen-bond donors (Lipinski definition) is 0. The summed E-state index contributed by atoms with van der Waals surface area (Å²) in [5.74, 6) is 0. The predicted octanol–water partition coefficient (Wildman–Crippen LogP) is 5.93. The molecule has 1 fully saturated rings. The van der Waals surface area contributed by atoms with Crippen molar-refractivity contribution in [3.63, 3.8) is 0 Å². The van der Waals surface area contributed by atoms with E-state index in [1.807, 2.05) is 0 Å². The Morgan fingerprint density at radius 1 is 0.800 bits per heavy atom. The monoisotopic (exact) mass is 287 g/mol. The van der Waals surface area contributed by atoms with Gasteiger partial charge in [-0.1, -0.05) is 71.6 Å². The van der Waals surface area contributed by atoms with E-state index in [1.54, 1.807) is 0 Å². The van der Waals surface area contributed by atoms with Crippen LogP contribution < -0.4 is 0 Å². The van der Waals surface area contributed by atoms with Crippen molar-refractivity contribution in [2.45, 2.75) is 103 Å². The minimum absolute atomic E-state index is 0. The molecule has 0 aromatic heterocycles. The lowest BCUT2D eigenvalue weighted by atomic mass is 10.1. The average molecular weight is 288 g/mol. The molecule has 1 unspecified atom stereocenters. The average Bonchev–Trinajstić information content (AvgIpc) is 2.88. The van der Waals surface area contributed by atoms with Crippen molar-refractivity contribution in [2.24, 2.45) is 0 Å². The number of rotatable bonds is 12. The smallest absolute Gasteiger partial charge is 0.00931 e. The highest BCUT2D eigenvalue weighted by Gasteiger charge is 2.21. The van der Waals surface area contributed by atoms with Crippen LogP contribution in [0.4, 0.5) is 4.70 Å². The van der Waals surface area contributed by atoms with Crippen LogP contribution in [0.15, 0.2) is 0 Å². The van der Waals surface area contributed by atoms with Gasteiger partial charge in [0.15, 0.2) is 0 Å². The van der Waals surface area contributed by atoms with Crippen molar-refractivity contribution >= 4 is 0 Å².